The van der Waals surface area contributed by atoms with E-state index < -0.39 is 5.91 Å². The Kier molecular flexibility index (Phi) is 6.58. The summed E-state index contributed by atoms with van der Waals surface area (Å²) in [6, 6.07) is 24.5. The van der Waals surface area contributed by atoms with Crippen molar-refractivity contribution in [3.8, 4) is 22.6 Å². The number of carbonyl (C=O) groups is 1. The van der Waals surface area contributed by atoms with Crippen molar-refractivity contribution in [2.24, 2.45) is 0 Å². The molecule has 1 aromatic heterocycles. The van der Waals surface area contributed by atoms with E-state index in [1.807, 2.05) is 73.7 Å². The first-order chi connectivity index (χ1) is 17.6. The van der Waals surface area contributed by atoms with Crippen LogP contribution in [0.5, 0.6) is 11.5 Å². The van der Waals surface area contributed by atoms with Gasteiger partial charge in [-0.25, -0.2) is 0 Å². The van der Waals surface area contributed by atoms with Crippen LogP contribution in [-0.4, -0.2) is 24.2 Å². The molecule has 4 aromatic rings. The van der Waals surface area contributed by atoms with Crippen LogP contribution in [0.4, 0.5) is 5.69 Å². The maximum Gasteiger partial charge on any atom is 0.263 e. The van der Waals surface area contributed by atoms with Gasteiger partial charge in [0.1, 0.15) is 17.1 Å². The molecule has 5 rings (SSSR count). The Morgan fingerprint density at radius 2 is 1.81 bits per heavy atom. The van der Waals surface area contributed by atoms with Crippen molar-refractivity contribution in [1.82, 2.24) is 4.57 Å². The molecule has 0 radical (unpaired) electrons. The molecule has 36 heavy (non-hydrogen) atoms. The number of ether oxygens (including phenoxy) is 2. The fraction of sp³-hybridized carbons (Fsp3) is 0.200. The Morgan fingerprint density at radius 1 is 1.00 bits per heavy atom. The van der Waals surface area contributed by atoms with Gasteiger partial charge in [-0.15, -0.1) is 0 Å². The maximum atomic E-state index is 13.3. The Labute approximate surface area is 210 Å². The van der Waals surface area contributed by atoms with E-state index in [1.165, 1.54) is 0 Å². The van der Waals surface area contributed by atoms with Crippen LogP contribution < -0.4 is 20.3 Å². The van der Waals surface area contributed by atoms with Crippen LogP contribution in [0.1, 0.15) is 40.9 Å². The van der Waals surface area contributed by atoms with Crippen LogP contribution in [-0.2, 0) is 6.42 Å². The van der Waals surface area contributed by atoms with Crippen LogP contribution in [0.2, 0.25) is 0 Å². The lowest BCUT2D eigenvalue weighted by molar-refractivity contribution is 0.102. The van der Waals surface area contributed by atoms with Crippen molar-refractivity contribution in [1.29, 1.82) is 0 Å². The first kappa shape index (κ1) is 23.4. The molecule has 1 unspecified atom stereocenters. The summed E-state index contributed by atoms with van der Waals surface area (Å²) in [5.41, 5.74) is 4.65. The first-order valence-electron chi connectivity index (χ1n) is 12.1. The molecular weight excluding hydrogens is 452 g/mol. The summed E-state index contributed by atoms with van der Waals surface area (Å²) >= 11 is 0. The third-order valence-corrected chi connectivity index (χ3v) is 6.59. The average molecular weight is 481 g/mol. The van der Waals surface area contributed by atoms with Gasteiger partial charge >= 0.3 is 0 Å². The van der Waals surface area contributed by atoms with Gasteiger partial charge in [0.2, 0.25) is 0 Å². The fourth-order valence-electron chi connectivity index (χ4n) is 4.88. The zero-order valence-electron chi connectivity index (χ0n) is 20.4. The largest absolute Gasteiger partial charge is 0.496 e. The summed E-state index contributed by atoms with van der Waals surface area (Å²) in [5, 5.41) is 2.87. The molecule has 0 saturated carbocycles. The number of anilines is 1. The molecule has 0 bridgehead atoms. The second-order valence-electron chi connectivity index (χ2n) is 8.71. The molecule has 6 heteroatoms. The fourth-order valence-corrected chi connectivity index (χ4v) is 4.88. The van der Waals surface area contributed by atoms with E-state index in [9.17, 15) is 9.59 Å². The van der Waals surface area contributed by atoms with E-state index in [4.69, 9.17) is 9.47 Å². The van der Waals surface area contributed by atoms with Crippen molar-refractivity contribution in [3.05, 3.63) is 112 Å². The van der Waals surface area contributed by atoms with Gasteiger partial charge in [-0.1, -0.05) is 36.4 Å². The van der Waals surface area contributed by atoms with Gasteiger partial charge in [0.25, 0.3) is 11.5 Å². The molecule has 1 amide bonds. The number of pyridine rings is 1. The van der Waals surface area contributed by atoms with Gasteiger partial charge in [-0.3, -0.25) is 9.59 Å². The first-order valence-corrected chi connectivity index (χ1v) is 12.1. The smallest absolute Gasteiger partial charge is 0.263 e. The summed E-state index contributed by atoms with van der Waals surface area (Å²) in [6.07, 6.45) is 3.36. The molecule has 1 atom stereocenters. The Morgan fingerprint density at radius 3 is 2.58 bits per heavy atom. The second kappa shape index (κ2) is 10.1. The third kappa shape index (κ3) is 4.50. The molecule has 1 heterocycles. The van der Waals surface area contributed by atoms with Crippen molar-refractivity contribution in [2.45, 2.75) is 25.8 Å². The number of nitrogens with zero attached hydrogens (tertiary/aromatic N) is 1. The molecule has 1 aliphatic carbocycles. The summed E-state index contributed by atoms with van der Waals surface area (Å²) in [4.78, 5) is 26.4. The average Bonchev–Trinajstić information content (AvgIpc) is 3.34. The molecule has 182 valence electrons. The quantitative estimate of drug-likeness (QED) is 0.368. The number of benzene rings is 3. The second-order valence-corrected chi connectivity index (χ2v) is 8.71. The number of hydrogen-bond acceptors (Lipinski definition) is 4. The molecule has 3 aromatic carbocycles. The zero-order chi connectivity index (χ0) is 25.1. The number of nitrogens with one attached hydrogen (secondary N) is 1. The molecule has 0 aliphatic heterocycles. The topological polar surface area (TPSA) is 69.6 Å². The highest BCUT2D eigenvalue weighted by atomic mass is 16.5. The van der Waals surface area contributed by atoms with Gasteiger partial charge in [-0.05, 0) is 84.5 Å². The molecular formula is C30H28N2O4. The summed E-state index contributed by atoms with van der Waals surface area (Å²) < 4.78 is 12.7. The monoisotopic (exact) mass is 480 g/mol. The van der Waals surface area contributed by atoms with Gasteiger partial charge in [0, 0.05) is 11.9 Å². The number of methoxy groups -OCH3 is 1. The van der Waals surface area contributed by atoms with Crippen molar-refractivity contribution in [3.63, 3.8) is 0 Å². The standard InChI is InChI=1S/C30H28N2O4/c1-3-36-23-8-4-7-21(19-23)20-12-14-22(15-13-20)31-29(33)26-10-6-18-32(30(26)34)27-17-16-25-24(27)9-5-11-28(25)35-2/h4-15,18-19,27H,3,16-17H2,1-2H3,(H,31,33). The highest BCUT2D eigenvalue weighted by molar-refractivity contribution is 6.04. The highest BCUT2D eigenvalue weighted by Crippen LogP contribution is 2.38. The summed E-state index contributed by atoms with van der Waals surface area (Å²) in [5.74, 6) is 1.23. The highest BCUT2D eigenvalue weighted by Gasteiger charge is 2.28. The van der Waals surface area contributed by atoms with E-state index in [0.29, 0.717) is 12.3 Å². The van der Waals surface area contributed by atoms with Crippen molar-refractivity contribution >= 4 is 11.6 Å². The predicted molar refractivity (Wildman–Crippen MR) is 141 cm³/mol. The summed E-state index contributed by atoms with van der Waals surface area (Å²) in [6.45, 7) is 2.56. The lowest BCUT2D eigenvalue weighted by Crippen LogP contribution is -2.30. The Hall–Kier alpha value is -4.32. The lowest BCUT2D eigenvalue weighted by Gasteiger charge is -2.17. The molecule has 0 fully saturated rings. The number of rotatable bonds is 7. The minimum Gasteiger partial charge on any atom is -0.496 e. The number of carbonyl (C=O) groups excluding carboxylic acids is 1. The molecule has 6 nitrogen and oxygen atoms in total. The van der Waals surface area contributed by atoms with Crippen molar-refractivity contribution < 1.29 is 14.3 Å². The van der Waals surface area contributed by atoms with Gasteiger partial charge in [0.15, 0.2) is 0 Å². The molecule has 0 spiro atoms. The van der Waals surface area contributed by atoms with Crippen LogP contribution in [0.25, 0.3) is 11.1 Å². The van der Waals surface area contributed by atoms with Crippen LogP contribution in [0, 0.1) is 0 Å². The number of amides is 1. The number of hydrogen-bond donors (Lipinski definition) is 1. The number of fused-ring (bicyclic) bond motifs is 1. The SMILES string of the molecule is CCOc1cccc(-c2ccc(NC(=O)c3cccn(C4CCc5c(OC)cccc54)c3=O)cc2)c1. The van der Waals surface area contributed by atoms with Gasteiger partial charge in [-0.2, -0.15) is 0 Å². The Bertz CT molecular complexity index is 1460. The lowest BCUT2D eigenvalue weighted by atomic mass is 10.0. The zero-order valence-corrected chi connectivity index (χ0v) is 20.4. The van der Waals surface area contributed by atoms with Crippen molar-refractivity contribution in [2.75, 3.05) is 19.0 Å². The van der Waals surface area contributed by atoms with E-state index >= 15 is 0 Å². The van der Waals surface area contributed by atoms with Crippen LogP contribution >= 0.6 is 0 Å². The minimum atomic E-state index is -0.427. The normalized spacial score (nSPS) is 14.2. The van der Waals surface area contributed by atoms with Crippen LogP contribution in [0.3, 0.4) is 0 Å². The Balaban J connectivity index is 1.36. The molecule has 1 aliphatic rings. The molecule has 1 N–H and O–H groups in total. The van der Waals surface area contributed by atoms with E-state index in [2.05, 4.69) is 5.32 Å². The van der Waals surface area contributed by atoms with Gasteiger partial charge in [0.05, 0.1) is 19.8 Å². The van der Waals surface area contributed by atoms with E-state index in [-0.39, 0.29) is 17.2 Å². The van der Waals surface area contributed by atoms with Gasteiger partial charge < -0.3 is 19.4 Å². The van der Waals surface area contributed by atoms with E-state index in [0.717, 1.165) is 46.6 Å². The maximum absolute atomic E-state index is 13.3. The van der Waals surface area contributed by atoms with Crippen LogP contribution in [0.15, 0.2) is 89.9 Å². The minimum absolute atomic E-state index is 0.113. The van der Waals surface area contributed by atoms with E-state index in [1.54, 1.807) is 30.0 Å². The summed E-state index contributed by atoms with van der Waals surface area (Å²) in [7, 11) is 1.66. The third-order valence-electron chi connectivity index (χ3n) is 6.59. The predicted octanol–water partition coefficient (Wildman–Crippen LogP) is 5.71. The molecule has 0 saturated heterocycles. The number of aromatic nitrogens is 1.